The Morgan fingerprint density at radius 1 is 1.19 bits per heavy atom. The molecule has 0 aliphatic rings. The summed E-state index contributed by atoms with van der Waals surface area (Å²) in [7, 11) is 0. The summed E-state index contributed by atoms with van der Waals surface area (Å²) in [5.74, 6) is 0. The van der Waals surface area contributed by atoms with Gasteiger partial charge >= 0.3 is 0 Å². The molecule has 16 heavy (non-hydrogen) atoms. The Morgan fingerprint density at radius 3 is 2.38 bits per heavy atom. The highest BCUT2D eigenvalue weighted by Crippen LogP contribution is 2.25. The standard InChI is InChI=1S/C14H23NS/c1-5-10-15-12(3)13(4)16-14-8-6-11(2)7-9-14/h6-9,12-13,15H,5,10H2,1-4H3. The minimum atomic E-state index is 0.561. The predicted molar refractivity (Wildman–Crippen MR) is 74.3 cm³/mol. The molecule has 0 bridgehead atoms. The first-order valence-corrected chi connectivity index (χ1v) is 6.98. The highest BCUT2D eigenvalue weighted by Gasteiger charge is 2.12. The first-order chi connectivity index (χ1) is 7.63. The van der Waals surface area contributed by atoms with Gasteiger partial charge in [-0.1, -0.05) is 31.5 Å². The maximum atomic E-state index is 3.54. The molecule has 1 aromatic carbocycles. The van der Waals surface area contributed by atoms with E-state index in [-0.39, 0.29) is 0 Å². The van der Waals surface area contributed by atoms with Crippen LogP contribution in [0.4, 0.5) is 0 Å². The van der Waals surface area contributed by atoms with Gasteiger partial charge in [0.15, 0.2) is 0 Å². The lowest BCUT2D eigenvalue weighted by molar-refractivity contribution is 0.542. The third kappa shape index (κ3) is 4.58. The molecule has 2 unspecified atom stereocenters. The van der Waals surface area contributed by atoms with Crippen molar-refractivity contribution in [1.82, 2.24) is 5.32 Å². The predicted octanol–water partition coefficient (Wildman–Crippen LogP) is 3.86. The first-order valence-electron chi connectivity index (χ1n) is 6.10. The number of hydrogen-bond acceptors (Lipinski definition) is 2. The SMILES string of the molecule is CCCNC(C)C(C)Sc1ccc(C)cc1. The fourth-order valence-electron chi connectivity index (χ4n) is 1.47. The number of thioether (sulfide) groups is 1. The van der Waals surface area contributed by atoms with E-state index in [4.69, 9.17) is 0 Å². The Hall–Kier alpha value is -0.470. The molecule has 2 heteroatoms. The monoisotopic (exact) mass is 237 g/mol. The summed E-state index contributed by atoms with van der Waals surface area (Å²) in [6, 6.07) is 9.34. The highest BCUT2D eigenvalue weighted by molar-refractivity contribution is 8.00. The van der Waals surface area contributed by atoms with E-state index in [1.54, 1.807) is 0 Å². The molecule has 0 aromatic heterocycles. The van der Waals surface area contributed by atoms with Gasteiger partial charge in [-0.25, -0.2) is 0 Å². The molecule has 1 aromatic rings. The van der Waals surface area contributed by atoms with Crippen LogP contribution < -0.4 is 5.32 Å². The summed E-state index contributed by atoms with van der Waals surface area (Å²) in [4.78, 5) is 1.36. The highest BCUT2D eigenvalue weighted by atomic mass is 32.2. The Morgan fingerprint density at radius 2 is 1.81 bits per heavy atom. The zero-order chi connectivity index (χ0) is 12.0. The van der Waals surface area contributed by atoms with Gasteiger partial charge in [-0.05, 0) is 38.9 Å². The molecule has 1 N–H and O–H groups in total. The summed E-state index contributed by atoms with van der Waals surface area (Å²) >= 11 is 1.95. The third-order valence-electron chi connectivity index (χ3n) is 2.76. The van der Waals surface area contributed by atoms with Crippen LogP contribution >= 0.6 is 11.8 Å². The summed E-state index contributed by atoms with van der Waals surface area (Å²) in [6.07, 6.45) is 1.20. The second-order valence-corrected chi connectivity index (χ2v) is 5.83. The Kier molecular flexibility index (Phi) is 5.93. The lowest BCUT2D eigenvalue weighted by Crippen LogP contribution is -2.34. The van der Waals surface area contributed by atoms with Crippen molar-refractivity contribution in [3.8, 4) is 0 Å². The number of rotatable bonds is 6. The van der Waals surface area contributed by atoms with E-state index >= 15 is 0 Å². The number of benzene rings is 1. The van der Waals surface area contributed by atoms with Gasteiger partial charge in [0.2, 0.25) is 0 Å². The van der Waals surface area contributed by atoms with Crippen molar-refractivity contribution < 1.29 is 0 Å². The minimum Gasteiger partial charge on any atom is -0.313 e. The quantitative estimate of drug-likeness (QED) is 0.754. The zero-order valence-corrected chi connectivity index (χ0v) is 11.6. The molecule has 1 nitrogen and oxygen atoms in total. The van der Waals surface area contributed by atoms with Crippen LogP contribution in [0.2, 0.25) is 0 Å². The largest absolute Gasteiger partial charge is 0.313 e. The smallest absolute Gasteiger partial charge is 0.0217 e. The maximum absolute atomic E-state index is 3.54. The molecule has 0 aliphatic heterocycles. The van der Waals surface area contributed by atoms with Gasteiger partial charge < -0.3 is 5.32 Å². The molecule has 0 heterocycles. The zero-order valence-electron chi connectivity index (χ0n) is 10.8. The van der Waals surface area contributed by atoms with Crippen LogP contribution in [0.3, 0.4) is 0 Å². The van der Waals surface area contributed by atoms with Crippen molar-refractivity contribution in [3.63, 3.8) is 0 Å². The van der Waals surface area contributed by atoms with E-state index < -0.39 is 0 Å². The average Bonchev–Trinajstić information content (AvgIpc) is 2.29. The van der Waals surface area contributed by atoms with Crippen molar-refractivity contribution >= 4 is 11.8 Å². The molecule has 90 valence electrons. The molecule has 0 radical (unpaired) electrons. The molecule has 0 saturated carbocycles. The molecule has 1 rings (SSSR count). The first kappa shape index (κ1) is 13.6. The number of nitrogens with one attached hydrogen (secondary N) is 1. The second-order valence-electron chi connectivity index (χ2n) is 4.38. The average molecular weight is 237 g/mol. The van der Waals surface area contributed by atoms with Gasteiger partial charge in [-0.3, -0.25) is 0 Å². The van der Waals surface area contributed by atoms with Crippen molar-refractivity contribution in [2.45, 2.75) is 50.3 Å². The van der Waals surface area contributed by atoms with Gasteiger partial charge in [0.1, 0.15) is 0 Å². The van der Waals surface area contributed by atoms with E-state index in [2.05, 4.69) is 57.3 Å². The molecule has 2 atom stereocenters. The Bertz CT molecular complexity index is 294. The van der Waals surface area contributed by atoms with Gasteiger partial charge in [0, 0.05) is 16.2 Å². The molecule has 0 saturated heterocycles. The van der Waals surface area contributed by atoms with E-state index in [0.29, 0.717) is 11.3 Å². The lowest BCUT2D eigenvalue weighted by Gasteiger charge is -2.20. The fourth-order valence-corrected chi connectivity index (χ4v) is 2.49. The van der Waals surface area contributed by atoms with Gasteiger partial charge in [-0.2, -0.15) is 0 Å². The van der Waals surface area contributed by atoms with Crippen LogP contribution in [0, 0.1) is 6.92 Å². The van der Waals surface area contributed by atoms with Crippen molar-refractivity contribution in [1.29, 1.82) is 0 Å². The van der Waals surface area contributed by atoms with E-state index in [9.17, 15) is 0 Å². The maximum Gasteiger partial charge on any atom is 0.0217 e. The molecular weight excluding hydrogens is 214 g/mol. The lowest BCUT2D eigenvalue weighted by atomic mass is 10.2. The van der Waals surface area contributed by atoms with Crippen LogP contribution in [-0.4, -0.2) is 17.8 Å². The van der Waals surface area contributed by atoms with Gasteiger partial charge in [-0.15, -0.1) is 11.8 Å². The number of aryl methyl sites for hydroxylation is 1. The third-order valence-corrected chi connectivity index (χ3v) is 4.09. The van der Waals surface area contributed by atoms with Crippen LogP contribution in [-0.2, 0) is 0 Å². The van der Waals surface area contributed by atoms with E-state index in [1.165, 1.54) is 16.9 Å². The Labute approximate surface area is 104 Å². The van der Waals surface area contributed by atoms with Crippen molar-refractivity contribution in [2.24, 2.45) is 0 Å². The summed E-state index contributed by atoms with van der Waals surface area (Å²) in [6.45, 7) is 10.0. The molecule has 0 amide bonds. The van der Waals surface area contributed by atoms with Crippen molar-refractivity contribution in [2.75, 3.05) is 6.54 Å². The molecule has 0 spiro atoms. The minimum absolute atomic E-state index is 0.561. The van der Waals surface area contributed by atoms with Crippen LogP contribution in [0.25, 0.3) is 0 Å². The Balaban J connectivity index is 2.43. The fraction of sp³-hybridized carbons (Fsp3) is 0.571. The molecule has 0 aliphatic carbocycles. The van der Waals surface area contributed by atoms with Gasteiger partial charge in [0.05, 0.1) is 0 Å². The van der Waals surface area contributed by atoms with Crippen LogP contribution in [0.1, 0.15) is 32.8 Å². The van der Waals surface area contributed by atoms with Crippen LogP contribution in [0.5, 0.6) is 0 Å². The van der Waals surface area contributed by atoms with Gasteiger partial charge in [0.25, 0.3) is 0 Å². The summed E-state index contributed by atoms with van der Waals surface area (Å²) in [5.41, 5.74) is 1.33. The normalized spacial score (nSPS) is 14.8. The van der Waals surface area contributed by atoms with Crippen LogP contribution in [0.15, 0.2) is 29.2 Å². The molecular formula is C14H23NS. The summed E-state index contributed by atoms with van der Waals surface area (Å²) in [5, 5.41) is 4.15. The van der Waals surface area contributed by atoms with Crippen molar-refractivity contribution in [3.05, 3.63) is 29.8 Å². The topological polar surface area (TPSA) is 12.0 Å². The molecule has 0 fully saturated rings. The summed E-state index contributed by atoms with van der Waals surface area (Å²) < 4.78 is 0. The number of hydrogen-bond donors (Lipinski definition) is 1. The van der Waals surface area contributed by atoms with E-state index in [0.717, 1.165) is 6.54 Å². The second kappa shape index (κ2) is 6.97. The van der Waals surface area contributed by atoms with E-state index in [1.807, 2.05) is 11.8 Å².